The molecular weight excluding hydrogens is 440 g/mol. The number of carbonyl (C=O) groups is 1. The predicted molar refractivity (Wildman–Crippen MR) is 124 cm³/mol. The summed E-state index contributed by atoms with van der Waals surface area (Å²) < 4.78 is 28.9. The lowest BCUT2D eigenvalue weighted by Gasteiger charge is -2.35. The normalized spacial score (nSPS) is 26.2. The van der Waals surface area contributed by atoms with Crippen LogP contribution in [0, 0.1) is 23.5 Å². The fraction of sp³-hybridized carbons (Fsp3) is 0.462. The maximum Gasteiger partial charge on any atom is 0.258 e. The third kappa shape index (κ3) is 3.88. The Labute approximate surface area is 196 Å². The van der Waals surface area contributed by atoms with E-state index in [1.54, 1.807) is 4.57 Å². The third-order valence-corrected chi connectivity index (χ3v) is 7.68. The van der Waals surface area contributed by atoms with Gasteiger partial charge in [-0.1, -0.05) is 6.08 Å². The number of aliphatic hydroxyl groups excluding tert-OH is 1. The van der Waals surface area contributed by atoms with Crippen molar-refractivity contribution in [3.8, 4) is 0 Å². The van der Waals surface area contributed by atoms with Crippen LogP contribution in [0.2, 0.25) is 0 Å². The zero-order chi connectivity index (χ0) is 24.0. The molecule has 0 unspecified atom stereocenters. The zero-order valence-corrected chi connectivity index (χ0v) is 19.1. The van der Waals surface area contributed by atoms with Gasteiger partial charge in [-0.05, 0) is 68.1 Å². The van der Waals surface area contributed by atoms with Gasteiger partial charge in [-0.3, -0.25) is 14.5 Å². The van der Waals surface area contributed by atoms with Crippen LogP contribution in [0.4, 0.5) is 8.78 Å². The summed E-state index contributed by atoms with van der Waals surface area (Å²) in [4.78, 5) is 28.8. The summed E-state index contributed by atoms with van der Waals surface area (Å²) in [5, 5.41) is 13.0. The van der Waals surface area contributed by atoms with E-state index in [0.717, 1.165) is 48.6 Å². The van der Waals surface area contributed by atoms with E-state index in [-0.39, 0.29) is 42.6 Å². The molecule has 3 aliphatic rings. The second-order valence-corrected chi connectivity index (χ2v) is 9.61. The monoisotopic (exact) mass is 469 g/mol. The number of allylic oxidation sites excluding steroid dienone is 2. The number of hydrogen-bond donors (Lipinski definition) is 2. The Morgan fingerprint density at radius 2 is 1.94 bits per heavy atom. The number of rotatable bonds is 5. The molecule has 2 N–H and O–H groups in total. The Balaban J connectivity index is 1.45. The van der Waals surface area contributed by atoms with E-state index in [1.165, 1.54) is 12.1 Å². The molecule has 3 heterocycles. The Morgan fingerprint density at radius 3 is 2.62 bits per heavy atom. The van der Waals surface area contributed by atoms with Crippen LogP contribution in [0.25, 0.3) is 5.57 Å². The van der Waals surface area contributed by atoms with Crippen molar-refractivity contribution in [2.75, 3.05) is 13.7 Å². The molecule has 1 amide bonds. The second kappa shape index (κ2) is 9.07. The molecule has 2 bridgehead atoms. The van der Waals surface area contributed by atoms with E-state index in [1.807, 2.05) is 19.2 Å². The highest BCUT2D eigenvalue weighted by atomic mass is 19.1. The first-order valence-electron chi connectivity index (χ1n) is 11.9. The van der Waals surface area contributed by atoms with Gasteiger partial charge in [0.15, 0.2) is 0 Å². The molecule has 0 radical (unpaired) electrons. The SMILES string of the molecule is CN1[C@@H]2Cn3c(ccc(C4=CCCCC4)c3=O)[C@H]1[C@@H](C(=O)NCc1cc(F)cc(F)c1)[C@@H]2CO. The highest BCUT2D eigenvalue weighted by Gasteiger charge is 2.54. The topological polar surface area (TPSA) is 74.6 Å². The summed E-state index contributed by atoms with van der Waals surface area (Å²) in [6.45, 7) is 0.189. The first-order valence-corrected chi connectivity index (χ1v) is 11.9. The van der Waals surface area contributed by atoms with Crippen LogP contribution in [-0.4, -0.2) is 40.2 Å². The highest BCUT2D eigenvalue weighted by molar-refractivity contribution is 5.80. The minimum atomic E-state index is -0.703. The number of aromatic nitrogens is 1. The standard InChI is InChI=1S/C26H29F2N3O3/c1-30-22-13-31-21(8-7-19(26(31)34)16-5-3-2-4-6-16)24(30)23(20(22)14-32)25(33)29-12-15-9-17(27)11-18(28)10-15/h5,7-11,20,22-24,32H,2-4,6,12-14H2,1H3,(H,29,33)/t20-,22-,23+,24+/m1/s1. The molecule has 1 saturated heterocycles. The smallest absolute Gasteiger partial charge is 0.258 e. The van der Waals surface area contributed by atoms with Crippen molar-refractivity contribution in [2.24, 2.45) is 11.8 Å². The van der Waals surface area contributed by atoms with Gasteiger partial charge in [0, 0.05) is 49.0 Å². The van der Waals surface area contributed by atoms with Crippen LogP contribution in [0.15, 0.2) is 41.2 Å². The molecule has 8 heteroatoms. The average molecular weight is 470 g/mol. The number of hydrogen-bond acceptors (Lipinski definition) is 4. The van der Waals surface area contributed by atoms with Crippen LogP contribution in [0.5, 0.6) is 0 Å². The van der Waals surface area contributed by atoms with Crippen LogP contribution in [0.3, 0.4) is 0 Å². The summed E-state index contributed by atoms with van der Waals surface area (Å²) in [5.41, 5.74) is 2.86. The Morgan fingerprint density at radius 1 is 1.18 bits per heavy atom. The molecule has 180 valence electrons. The van der Waals surface area contributed by atoms with E-state index in [0.29, 0.717) is 12.1 Å². The van der Waals surface area contributed by atoms with Crippen LogP contribution in [0.1, 0.15) is 48.5 Å². The largest absolute Gasteiger partial charge is 0.396 e. The van der Waals surface area contributed by atoms with Gasteiger partial charge < -0.3 is 15.0 Å². The summed E-state index contributed by atoms with van der Waals surface area (Å²) in [7, 11) is 1.92. The second-order valence-electron chi connectivity index (χ2n) is 9.61. The van der Waals surface area contributed by atoms with Gasteiger partial charge in [-0.25, -0.2) is 8.78 Å². The van der Waals surface area contributed by atoms with Gasteiger partial charge in [-0.2, -0.15) is 0 Å². The zero-order valence-electron chi connectivity index (χ0n) is 19.1. The van der Waals surface area contributed by atoms with E-state index in [4.69, 9.17) is 0 Å². The van der Waals surface area contributed by atoms with Gasteiger partial charge in [0.25, 0.3) is 5.56 Å². The van der Waals surface area contributed by atoms with Crippen molar-refractivity contribution in [2.45, 2.75) is 50.9 Å². The molecule has 1 aliphatic carbocycles. The lowest BCUT2D eigenvalue weighted by Crippen LogP contribution is -2.45. The highest BCUT2D eigenvalue weighted by Crippen LogP contribution is 2.47. The molecule has 2 aliphatic heterocycles. The molecule has 34 heavy (non-hydrogen) atoms. The predicted octanol–water partition coefficient (Wildman–Crippen LogP) is 2.99. The number of aliphatic hydroxyl groups is 1. The number of fused-ring (bicyclic) bond motifs is 4. The van der Waals surface area contributed by atoms with Crippen molar-refractivity contribution < 1.29 is 18.7 Å². The first-order chi connectivity index (χ1) is 16.4. The first kappa shape index (κ1) is 22.9. The van der Waals surface area contributed by atoms with Crippen molar-refractivity contribution in [3.63, 3.8) is 0 Å². The van der Waals surface area contributed by atoms with E-state index < -0.39 is 17.6 Å². The maximum absolute atomic E-state index is 13.5. The Kier molecular flexibility index (Phi) is 6.12. The van der Waals surface area contributed by atoms with Gasteiger partial charge in [-0.15, -0.1) is 0 Å². The molecule has 2 aromatic rings. The van der Waals surface area contributed by atoms with Gasteiger partial charge >= 0.3 is 0 Å². The van der Waals surface area contributed by atoms with E-state index in [2.05, 4.69) is 16.3 Å². The van der Waals surface area contributed by atoms with E-state index >= 15 is 0 Å². The average Bonchev–Trinajstić information content (AvgIpc) is 2.99. The third-order valence-electron chi connectivity index (χ3n) is 7.68. The minimum absolute atomic E-state index is 0.0246. The van der Waals surface area contributed by atoms with Crippen LogP contribution in [-0.2, 0) is 17.9 Å². The Hall–Kier alpha value is -2.84. The van der Waals surface area contributed by atoms with Crippen molar-refractivity contribution in [3.05, 3.63) is 75.2 Å². The molecule has 0 saturated carbocycles. The van der Waals surface area contributed by atoms with Gasteiger partial charge in [0.2, 0.25) is 5.91 Å². The summed E-state index contributed by atoms with van der Waals surface area (Å²) in [5.74, 6) is -2.66. The molecule has 5 rings (SSSR count). The molecule has 1 aromatic heterocycles. The minimum Gasteiger partial charge on any atom is -0.396 e. The summed E-state index contributed by atoms with van der Waals surface area (Å²) in [6.07, 6.45) is 6.24. The fourth-order valence-corrected chi connectivity index (χ4v) is 6.04. The van der Waals surface area contributed by atoms with Crippen LogP contribution < -0.4 is 10.9 Å². The number of amides is 1. The molecule has 0 spiro atoms. The molecule has 1 fully saturated rings. The summed E-state index contributed by atoms with van der Waals surface area (Å²) in [6, 6.07) is 6.42. The van der Waals surface area contributed by atoms with Crippen molar-refractivity contribution >= 4 is 11.5 Å². The Bertz CT molecular complexity index is 1190. The molecule has 1 aromatic carbocycles. The van der Waals surface area contributed by atoms with Crippen molar-refractivity contribution in [1.29, 1.82) is 0 Å². The number of benzene rings is 1. The quantitative estimate of drug-likeness (QED) is 0.706. The lowest BCUT2D eigenvalue weighted by atomic mass is 9.86. The van der Waals surface area contributed by atoms with Gasteiger partial charge in [0.05, 0.1) is 12.0 Å². The fourth-order valence-electron chi connectivity index (χ4n) is 6.04. The molecule has 6 nitrogen and oxygen atoms in total. The number of nitrogens with one attached hydrogen (secondary N) is 1. The maximum atomic E-state index is 13.5. The van der Waals surface area contributed by atoms with Crippen molar-refractivity contribution in [1.82, 2.24) is 14.8 Å². The van der Waals surface area contributed by atoms with E-state index in [9.17, 15) is 23.5 Å². The lowest BCUT2D eigenvalue weighted by molar-refractivity contribution is -0.127. The van der Waals surface area contributed by atoms with Crippen LogP contribution >= 0.6 is 0 Å². The number of pyridine rings is 1. The number of halogens is 2. The summed E-state index contributed by atoms with van der Waals surface area (Å²) >= 11 is 0. The molecular formula is C26H29F2N3O3. The van der Waals surface area contributed by atoms with Gasteiger partial charge in [0.1, 0.15) is 11.6 Å². The number of nitrogens with zero attached hydrogens (tertiary/aromatic N) is 2. The number of likely N-dealkylation sites (N-methyl/N-ethyl adjacent to an activating group) is 1. The number of carbonyl (C=O) groups excluding carboxylic acids is 1. The molecule has 4 atom stereocenters.